The maximum atomic E-state index is 10.5. The van der Waals surface area contributed by atoms with Gasteiger partial charge in [0.25, 0.3) is 5.88 Å². The van der Waals surface area contributed by atoms with Crippen molar-refractivity contribution in [1.29, 1.82) is 0 Å². The van der Waals surface area contributed by atoms with Gasteiger partial charge in [-0.25, -0.2) is 0 Å². The number of hydrogen-bond acceptors (Lipinski definition) is 4. The average molecular weight is 170 g/mol. The van der Waals surface area contributed by atoms with Crippen LogP contribution >= 0.6 is 0 Å². The molecule has 1 rings (SSSR count). The maximum absolute atomic E-state index is 10.5. The molecule has 1 aromatic rings. The fourth-order valence-electron chi connectivity index (χ4n) is 0.685. The summed E-state index contributed by atoms with van der Waals surface area (Å²) >= 11 is 0. The van der Waals surface area contributed by atoms with Crippen molar-refractivity contribution in [2.24, 2.45) is 0 Å². The number of rotatable bonds is 3. The Labute approximate surface area is 69.7 Å². The topological polar surface area (TPSA) is 64.4 Å². The zero-order chi connectivity index (χ0) is 8.97. The molecule has 0 aliphatic rings. The molecule has 5 heteroatoms. The Morgan fingerprint density at radius 2 is 2.58 bits per heavy atom. The highest BCUT2D eigenvalue weighted by Crippen LogP contribution is 2.09. The van der Waals surface area contributed by atoms with Gasteiger partial charge in [-0.1, -0.05) is 0 Å². The third-order valence-corrected chi connectivity index (χ3v) is 1.26. The lowest BCUT2D eigenvalue weighted by atomic mass is 10.4. The van der Waals surface area contributed by atoms with E-state index >= 15 is 0 Å². The Hall–Kier alpha value is -1.52. The normalized spacial score (nSPS) is 9.50. The van der Waals surface area contributed by atoms with E-state index in [2.05, 4.69) is 10.5 Å². The predicted molar refractivity (Wildman–Crippen MR) is 40.6 cm³/mol. The molecule has 0 spiro atoms. The molecule has 1 amide bonds. The lowest BCUT2D eigenvalue weighted by Gasteiger charge is -1.94. The van der Waals surface area contributed by atoms with Crippen molar-refractivity contribution in [2.45, 2.75) is 13.5 Å². The number of hydrogen-bond donors (Lipinski definition) is 1. The summed E-state index contributed by atoms with van der Waals surface area (Å²) in [4.78, 5) is 10.5. The number of carbonyl (C=O) groups excluding carboxylic acids is 1. The molecule has 1 N–H and O–H groups in total. The minimum atomic E-state index is -0.106. The van der Waals surface area contributed by atoms with E-state index in [-0.39, 0.29) is 5.91 Å². The first kappa shape index (κ1) is 8.58. The number of nitrogens with one attached hydrogen (secondary N) is 1. The maximum Gasteiger partial charge on any atom is 0.254 e. The van der Waals surface area contributed by atoms with Gasteiger partial charge in [-0.15, -0.1) is 0 Å². The van der Waals surface area contributed by atoms with Crippen molar-refractivity contribution in [3.63, 3.8) is 0 Å². The van der Waals surface area contributed by atoms with Crippen molar-refractivity contribution in [3.05, 3.63) is 11.8 Å². The lowest BCUT2D eigenvalue weighted by molar-refractivity contribution is -0.119. The fourth-order valence-corrected chi connectivity index (χ4v) is 0.685. The second-order valence-corrected chi connectivity index (χ2v) is 2.25. The van der Waals surface area contributed by atoms with Crippen LogP contribution in [0.15, 0.2) is 10.6 Å². The first-order valence-electron chi connectivity index (χ1n) is 3.46. The van der Waals surface area contributed by atoms with E-state index in [9.17, 15) is 4.79 Å². The van der Waals surface area contributed by atoms with E-state index in [1.807, 2.05) is 0 Å². The molecule has 1 aromatic heterocycles. The Balaban J connectivity index is 2.47. The number of amides is 1. The second-order valence-electron chi connectivity index (χ2n) is 2.25. The highest BCUT2D eigenvalue weighted by atomic mass is 16.5. The van der Waals surface area contributed by atoms with Crippen molar-refractivity contribution >= 4 is 5.91 Å². The van der Waals surface area contributed by atoms with E-state index in [0.29, 0.717) is 18.2 Å². The van der Waals surface area contributed by atoms with Crippen LogP contribution in [-0.4, -0.2) is 18.2 Å². The molecule has 66 valence electrons. The van der Waals surface area contributed by atoms with Crippen molar-refractivity contribution in [1.82, 2.24) is 10.5 Å². The van der Waals surface area contributed by atoms with Crippen LogP contribution in [0.5, 0.6) is 5.88 Å². The molecule has 0 saturated carbocycles. The summed E-state index contributed by atoms with van der Waals surface area (Å²) in [6.07, 6.45) is 0. The first-order valence-corrected chi connectivity index (χ1v) is 3.46. The highest BCUT2D eigenvalue weighted by Gasteiger charge is 2.03. The Morgan fingerprint density at radius 1 is 1.83 bits per heavy atom. The molecule has 0 radical (unpaired) electrons. The summed E-state index contributed by atoms with van der Waals surface area (Å²) in [5.74, 6) is 0.878. The van der Waals surface area contributed by atoms with E-state index in [1.165, 1.54) is 14.0 Å². The van der Waals surface area contributed by atoms with Gasteiger partial charge in [0.1, 0.15) is 0 Å². The van der Waals surface area contributed by atoms with E-state index in [4.69, 9.17) is 9.26 Å². The predicted octanol–water partition coefficient (Wildman–Crippen LogP) is 0.319. The van der Waals surface area contributed by atoms with E-state index in [0.717, 1.165) is 0 Å². The molecule has 0 aliphatic heterocycles. The molecule has 12 heavy (non-hydrogen) atoms. The SMILES string of the molecule is COc1cc(CNC(C)=O)on1. The second kappa shape index (κ2) is 3.75. The zero-order valence-corrected chi connectivity index (χ0v) is 6.96. The third kappa shape index (κ3) is 2.26. The van der Waals surface area contributed by atoms with Gasteiger partial charge in [0, 0.05) is 13.0 Å². The minimum absolute atomic E-state index is 0.106. The van der Waals surface area contributed by atoms with Crippen LogP contribution in [0.4, 0.5) is 0 Å². The molecule has 0 bridgehead atoms. The number of carbonyl (C=O) groups is 1. The monoisotopic (exact) mass is 170 g/mol. The molecule has 0 unspecified atom stereocenters. The van der Waals surface area contributed by atoms with Crippen LogP contribution in [0.1, 0.15) is 12.7 Å². The van der Waals surface area contributed by atoms with Crippen LogP contribution in [0.3, 0.4) is 0 Å². The van der Waals surface area contributed by atoms with Crippen LogP contribution in [-0.2, 0) is 11.3 Å². The van der Waals surface area contributed by atoms with Gasteiger partial charge >= 0.3 is 0 Å². The smallest absolute Gasteiger partial charge is 0.254 e. The summed E-state index contributed by atoms with van der Waals surface area (Å²) in [5.41, 5.74) is 0. The summed E-state index contributed by atoms with van der Waals surface area (Å²) in [7, 11) is 1.50. The zero-order valence-electron chi connectivity index (χ0n) is 6.96. The molecule has 0 aliphatic carbocycles. The van der Waals surface area contributed by atoms with Gasteiger partial charge in [0.15, 0.2) is 5.76 Å². The van der Waals surface area contributed by atoms with Gasteiger partial charge in [0.2, 0.25) is 5.91 Å². The number of nitrogens with zero attached hydrogens (tertiary/aromatic N) is 1. The molecule has 1 heterocycles. The molecule has 0 saturated heterocycles. The minimum Gasteiger partial charge on any atom is -0.479 e. The van der Waals surface area contributed by atoms with E-state index < -0.39 is 0 Å². The van der Waals surface area contributed by atoms with Crippen molar-refractivity contribution in [2.75, 3.05) is 7.11 Å². The van der Waals surface area contributed by atoms with Gasteiger partial charge in [-0.3, -0.25) is 4.79 Å². The molecule has 0 fully saturated rings. The standard InChI is InChI=1S/C7H10N2O3/c1-5(10)8-4-6-3-7(11-2)9-12-6/h3H,4H2,1-2H3,(H,8,10). The summed E-state index contributed by atoms with van der Waals surface area (Å²) in [5, 5.41) is 6.14. The lowest BCUT2D eigenvalue weighted by Crippen LogP contribution is -2.18. The first-order chi connectivity index (χ1) is 5.72. The Morgan fingerprint density at radius 3 is 3.08 bits per heavy atom. The third-order valence-electron chi connectivity index (χ3n) is 1.26. The number of aromatic nitrogens is 1. The van der Waals surface area contributed by atoms with Crippen LogP contribution in [0, 0.1) is 0 Å². The van der Waals surface area contributed by atoms with Crippen LogP contribution in [0.2, 0.25) is 0 Å². The summed E-state index contributed by atoms with van der Waals surface area (Å²) < 4.78 is 9.60. The Bertz CT molecular complexity index is 269. The van der Waals surface area contributed by atoms with Crippen LogP contribution in [0.25, 0.3) is 0 Å². The molecular weight excluding hydrogens is 160 g/mol. The van der Waals surface area contributed by atoms with Crippen LogP contribution < -0.4 is 10.1 Å². The molecule has 0 aromatic carbocycles. The van der Waals surface area contributed by atoms with Crippen molar-refractivity contribution < 1.29 is 14.1 Å². The molecular formula is C7H10N2O3. The quantitative estimate of drug-likeness (QED) is 0.709. The largest absolute Gasteiger partial charge is 0.479 e. The number of methoxy groups -OCH3 is 1. The van der Waals surface area contributed by atoms with Crippen molar-refractivity contribution in [3.8, 4) is 5.88 Å². The highest BCUT2D eigenvalue weighted by molar-refractivity contribution is 5.72. The fraction of sp³-hybridized carbons (Fsp3) is 0.429. The van der Waals surface area contributed by atoms with Gasteiger partial charge in [0.05, 0.1) is 13.7 Å². The van der Waals surface area contributed by atoms with E-state index in [1.54, 1.807) is 6.07 Å². The molecule has 0 atom stereocenters. The number of ether oxygens (including phenoxy) is 1. The Kier molecular flexibility index (Phi) is 2.68. The van der Waals surface area contributed by atoms with Gasteiger partial charge < -0.3 is 14.6 Å². The summed E-state index contributed by atoms with van der Waals surface area (Å²) in [6, 6.07) is 1.62. The summed E-state index contributed by atoms with van der Waals surface area (Å²) in [6.45, 7) is 1.78. The molecule has 5 nitrogen and oxygen atoms in total. The van der Waals surface area contributed by atoms with Gasteiger partial charge in [-0.05, 0) is 5.16 Å². The van der Waals surface area contributed by atoms with Gasteiger partial charge in [-0.2, -0.15) is 0 Å². The average Bonchev–Trinajstić information content (AvgIpc) is 2.48.